The molecule has 39 heavy (non-hydrogen) atoms. The summed E-state index contributed by atoms with van der Waals surface area (Å²) in [5.74, 6) is -0.328. The van der Waals surface area contributed by atoms with Crippen LogP contribution in [-0.4, -0.2) is 44.1 Å². The zero-order valence-corrected chi connectivity index (χ0v) is 23.2. The molecule has 1 unspecified atom stereocenters. The Balaban J connectivity index is 1.88. The number of ether oxygens (including phenoxy) is 2. The van der Waals surface area contributed by atoms with Crippen LogP contribution in [0.1, 0.15) is 44.4 Å². The highest BCUT2D eigenvalue weighted by Crippen LogP contribution is 2.45. The number of para-hydroxylation sites is 2. The Kier molecular flexibility index (Phi) is 8.59. The van der Waals surface area contributed by atoms with Crippen molar-refractivity contribution in [2.45, 2.75) is 33.2 Å². The lowest BCUT2D eigenvalue weighted by atomic mass is 9.94. The lowest BCUT2D eigenvalue weighted by molar-refractivity contribution is -0.132. The molecule has 1 fully saturated rings. The SMILES string of the molecule is CCCOc1ccccc1N1C(=O)C(=O)/C(=C(\O)c2cccc(OCC(C)C)c2)C1c1ccc(N(C)C)cc1. The average Bonchev–Trinajstić information content (AvgIpc) is 3.20. The van der Waals surface area contributed by atoms with Gasteiger partial charge < -0.3 is 19.5 Å². The Hall–Kier alpha value is -4.26. The number of rotatable bonds is 10. The van der Waals surface area contributed by atoms with Crippen LogP contribution in [0, 0.1) is 5.92 Å². The summed E-state index contributed by atoms with van der Waals surface area (Å²) < 4.78 is 11.8. The summed E-state index contributed by atoms with van der Waals surface area (Å²) in [6, 6.07) is 20.9. The second kappa shape index (κ2) is 12.1. The highest BCUT2D eigenvalue weighted by Gasteiger charge is 2.47. The number of benzene rings is 3. The fraction of sp³-hybridized carbons (Fsp3) is 0.312. The zero-order valence-electron chi connectivity index (χ0n) is 23.2. The second-order valence-corrected chi connectivity index (χ2v) is 10.2. The maximum absolute atomic E-state index is 13.6. The van der Waals surface area contributed by atoms with Crippen molar-refractivity contribution >= 4 is 28.8 Å². The van der Waals surface area contributed by atoms with E-state index in [-0.39, 0.29) is 11.3 Å². The minimum absolute atomic E-state index is 0.0175. The molecule has 3 aromatic carbocycles. The number of aliphatic hydroxyl groups is 1. The Morgan fingerprint density at radius 3 is 2.36 bits per heavy atom. The maximum Gasteiger partial charge on any atom is 0.300 e. The summed E-state index contributed by atoms with van der Waals surface area (Å²) in [6.07, 6.45) is 0.789. The number of hydrogen-bond acceptors (Lipinski definition) is 6. The molecule has 0 radical (unpaired) electrons. The van der Waals surface area contributed by atoms with E-state index in [1.165, 1.54) is 4.90 Å². The van der Waals surface area contributed by atoms with Crippen LogP contribution in [0.25, 0.3) is 5.76 Å². The normalized spacial score (nSPS) is 16.6. The minimum Gasteiger partial charge on any atom is -0.507 e. The maximum atomic E-state index is 13.6. The molecular weight excluding hydrogens is 492 g/mol. The quantitative estimate of drug-likeness (QED) is 0.192. The fourth-order valence-electron chi connectivity index (χ4n) is 4.49. The zero-order chi connectivity index (χ0) is 28.1. The molecule has 0 spiro atoms. The van der Waals surface area contributed by atoms with Crippen molar-refractivity contribution in [3.63, 3.8) is 0 Å². The molecule has 1 atom stereocenters. The first-order chi connectivity index (χ1) is 18.7. The van der Waals surface area contributed by atoms with E-state index in [4.69, 9.17) is 9.47 Å². The Morgan fingerprint density at radius 1 is 0.974 bits per heavy atom. The predicted octanol–water partition coefficient (Wildman–Crippen LogP) is 6.20. The van der Waals surface area contributed by atoms with Crippen molar-refractivity contribution in [1.82, 2.24) is 0 Å². The van der Waals surface area contributed by atoms with Gasteiger partial charge in [-0.25, -0.2) is 0 Å². The van der Waals surface area contributed by atoms with E-state index in [0.29, 0.717) is 47.4 Å². The number of carbonyl (C=O) groups excluding carboxylic acids is 2. The van der Waals surface area contributed by atoms with E-state index >= 15 is 0 Å². The number of nitrogens with zero attached hydrogens (tertiary/aromatic N) is 2. The molecule has 1 heterocycles. The minimum atomic E-state index is -0.854. The van der Waals surface area contributed by atoms with Crippen molar-refractivity contribution in [3.05, 3.63) is 89.5 Å². The van der Waals surface area contributed by atoms with Gasteiger partial charge in [0, 0.05) is 25.3 Å². The lowest BCUT2D eigenvalue weighted by Crippen LogP contribution is -2.30. The summed E-state index contributed by atoms with van der Waals surface area (Å²) in [7, 11) is 3.88. The summed E-state index contributed by atoms with van der Waals surface area (Å²) in [5, 5.41) is 11.5. The second-order valence-electron chi connectivity index (χ2n) is 10.2. The van der Waals surface area contributed by atoms with E-state index in [1.807, 2.05) is 56.3 Å². The van der Waals surface area contributed by atoms with Gasteiger partial charge in [-0.3, -0.25) is 14.5 Å². The summed E-state index contributed by atoms with van der Waals surface area (Å²) in [5.41, 5.74) is 2.56. The van der Waals surface area contributed by atoms with Crippen LogP contribution in [-0.2, 0) is 9.59 Å². The molecule has 7 heteroatoms. The van der Waals surface area contributed by atoms with Gasteiger partial charge in [0.1, 0.15) is 17.3 Å². The monoisotopic (exact) mass is 528 g/mol. The molecular formula is C32H36N2O5. The van der Waals surface area contributed by atoms with E-state index in [0.717, 1.165) is 12.1 Å². The van der Waals surface area contributed by atoms with Gasteiger partial charge in [0.15, 0.2) is 0 Å². The van der Waals surface area contributed by atoms with Gasteiger partial charge in [0.05, 0.1) is 30.5 Å². The van der Waals surface area contributed by atoms with Crippen LogP contribution in [0.15, 0.2) is 78.4 Å². The summed E-state index contributed by atoms with van der Waals surface area (Å²) >= 11 is 0. The highest BCUT2D eigenvalue weighted by molar-refractivity contribution is 6.52. The molecule has 0 saturated carbocycles. The molecule has 1 amide bonds. The van der Waals surface area contributed by atoms with Crippen LogP contribution < -0.4 is 19.3 Å². The number of hydrogen-bond donors (Lipinski definition) is 1. The molecule has 0 aliphatic carbocycles. The Morgan fingerprint density at radius 2 is 1.69 bits per heavy atom. The molecule has 4 rings (SSSR count). The third-order valence-corrected chi connectivity index (χ3v) is 6.45. The lowest BCUT2D eigenvalue weighted by Gasteiger charge is -2.27. The molecule has 1 aliphatic heterocycles. The summed E-state index contributed by atoms with van der Waals surface area (Å²) in [4.78, 5) is 30.6. The molecule has 0 bridgehead atoms. The van der Waals surface area contributed by atoms with E-state index in [1.54, 1.807) is 42.5 Å². The van der Waals surface area contributed by atoms with Gasteiger partial charge in [-0.05, 0) is 54.3 Å². The Labute approximate surface area is 230 Å². The molecule has 3 aromatic rings. The van der Waals surface area contributed by atoms with Crippen molar-refractivity contribution in [2.24, 2.45) is 5.92 Å². The van der Waals surface area contributed by atoms with E-state index in [9.17, 15) is 14.7 Å². The number of carbonyl (C=O) groups is 2. The van der Waals surface area contributed by atoms with Crippen LogP contribution in [0.3, 0.4) is 0 Å². The number of anilines is 2. The smallest absolute Gasteiger partial charge is 0.300 e. The first-order valence-electron chi connectivity index (χ1n) is 13.3. The first kappa shape index (κ1) is 27.8. The molecule has 204 valence electrons. The Bertz CT molecular complexity index is 1360. The van der Waals surface area contributed by atoms with Gasteiger partial charge in [0.2, 0.25) is 0 Å². The number of aliphatic hydroxyl groups excluding tert-OH is 1. The van der Waals surface area contributed by atoms with E-state index < -0.39 is 17.7 Å². The van der Waals surface area contributed by atoms with Crippen LogP contribution in [0.2, 0.25) is 0 Å². The van der Waals surface area contributed by atoms with Crippen LogP contribution in [0.5, 0.6) is 11.5 Å². The standard InChI is InChI=1S/C32H36N2O5/c1-6-18-38-27-13-8-7-12-26(27)34-29(22-14-16-24(17-15-22)33(4)5)28(31(36)32(34)37)30(35)23-10-9-11-25(19-23)39-20-21(2)3/h7-17,19,21,29,35H,6,18,20H2,1-5H3/b30-28-. The van der Waals surface area contributed by atoms with Gasteiger partial charge in [-0.15, -0.1) is 0 Å². The molecule has 1 saturated heterocycles. The third kappa shape index (κ3) is 5.93. The average molecular weight is 529 g/mol. The predicted molar refractivity (Wildman–Crippen MR) is 155 cm³/mol. The van der Waals surface area contributed by atoms with Gasteiger partial charge in [0.25, 0.3) is 11.7 Å². The summed E-state index contributed by atoms with van der Waals surface area (Å²) in [6.45, 7) is 7.08. The van der Waals surface area contributed by atoms with Crippen LogP contribution in [0.4, 0.5) is 11.4 Å². The number of ketones is 1. The molecule has 7 nitrogen and oxygen atoms in total. The third-order valence-electron chi connectivity index (χ3n) is 6.45. The van der Waals surface area contributed by atoms with Crippen molar-refractivity contribution < 1.29 is 24.2 Å². The van der Waals surface area contributed by atoms with Gasteiger partial charge >= 0.3 is 0 Å². The first-order valence-corrected chi connectivity index (χ1v) is 13.3. The van der Waals surface area contributed by atoms with Gasteiger partial charge in [-0.2, -0.15) is 0 Å². The van der Waals surface area contributed by atoms with Crippen molar-refractivity contribution in [1.29, 1.82) is 0 Å². The number of amides is 1. The highest BCUT2D eigenvalue weighted by atomic mass is 16.5. The number of Topliss-reactive ketones (excluding diaryl/α,β-unsaturated/α-hetero) is 1. The molecule has 0 aromatic heterocycles. The fourth-order valence-corrected chi connectivity index (χ4v) is 4.49. The molecule has 1 N–H and O–H groups in total. The van der Waals surface area contributed by atoms with Crippen molar-refractivity contribution in [2.75, 3.05) is 37.1 Å². The van der Waals surface area contributed by atoms with Crippen molar-refractivity contribution in [3.8, 4) is 11.5 Å². The van der Waals surface area contributed by atoms with Gasteiger partial charge in [-0.1, -0.05) is 57.2 Å². The largest absolute Gasteiger partial charge is 0.507 e. The molecule has 1 aliphatic rings. The van der Waals surface area contributed by atoms with E-state index in [2.05, 4.69) is 13.8 Å². The van der Waals surface area contributed by atoms with Crippen LogP contribution >= 0.6 is 0 Å². The topological polar surface area (TPSA) is 79.3 Å².